The van der Waals surface area contributed by atoms with Crippen molar-refractivity contribution in [1.29, 1.82) is 5.26 Å². The molecule has 7 nitrogen and oxygen atoms in total. The molecule has 0 aliphatic heterocycles. The standard InChI is InChI=1S/C3H10N4O3Si/c4-2-1-3-11(8-5,9-6)10-7/h1,3,5-7H2. The summed E-state index contributed by atoms with van der Waals surface area (Å²) in [5, 5.41) is 8.20. The van der Waals surface area contributed by atoms with E-state index in [1.807, 2.05) is 6.07 Å². The average molecular weight is 178 g/mol. The largest absolute Gasteiger partial charge is 0.552 e. The van der Waals surface area contributed by atoms with Crippen LogP contribution in [0.1, 0.15) is 6.42 Å². The zero-order valence-corrected chi connectivity index (χ0v) is 6.82. The van der Waals surface area contributed by atoms with Gasteiger partial charge in [0.05, 0.1) is 6.07 Å². The van der Waals surface area contributed by atoms with Crippen molar-refractivity contribution >= 4 is 8.80 Å². The zero-order valence-electron chi connectivity index (χ0n) is 5.82. The van der Waals surface area contributed by atoms with Crippen LogP contribution < -0.4 is 17.7 Å². The molecule has 0 radical (unpaired) electrons. The number of rotatable bonds is 5. The van der Waals surface area contributed by atoms with Crippen molar-refractivity contribution in [2.75, 3.05) is 0 Å². The van der Waals surface area contributed by atoms with E-state index in [9.17, 15) is 0 Å². The Bertz CT molecular complexity index is 136. The lowest BCUT2D eigenvalue weighted by Gasteiger charge is -2.19. The SMILES string of the molecule is N#CCC[Si](ON)(ON)ON. The lowest BCUT2D eigenvalue weighted by molar-refractivity contribution is 0.0592. The van der Waals surface area contributed by atoms with Crippen LogP contribution in [0.4, 0.5) is 0 Å². The summed E-state index contributed by atoms with van der Waals surface area (Å²) < 4.78 is 13.0. The fourth-order valence-corrected chi connectivity index (χ4v) is 1.41. The van der Waals surface area contributed by atoms with E-state index in [0.29, 0.717) is 0 Å². The molecule has 0 saturated carbocycles. The minimum atomic E-state index is -3.13. The highest BCUT2D eigenvalue weighted by molar-refractivity contribution is 6.60. The summed E-state index contributed by atoms with van der Waals surface area (Å²) in [4.78, 5) is 0. The van der Waals surface area contributed by atoms with Crippen LogP contribution >= 0.6 is 0 Å². The Balaban J connectivity index is 3.96. The molecule has 0 bridgehead atoms. The molecule has 8 heteroatoms. The van der Waals surface area contributed by atoms with Crippen LogP contribution in [0.5, 0.6) is 0 Å². The predicted octanol–water partition coefficient (Wildman–Crippen LogP) is -1.49. The van der Waals surface area contributed by atoms with Gasteiger partial charge in [0.1, 0.15) is 0 Å². The smallest absolute Gasteiger partial charge is 0.289 e. The first-order chi connectivity index (χ1) is 5.24. The lowest BCUT2D eigenvalue weighted by atomic mass is 10.6. The van der Waals surface area contributed by atoms with E-state index < -0.39 is 8.80 Å². The maximum Gasteiger partial charge on any atom is 0.552 e. The van der Waals surface area contributed by atoms with Crippen molar-refractivity contribution in [3.8, 4) is 6.07 Å². The van der Waals surface area contributed by atoms with Crippen molar-refractivity contribution in [1.82, 2.24) is 0 Å². The summed E-state index contributed by atoms with van der Waals surface area (Å²) >= 11 is 0. The molecule has 0 spiro atoms. The van der Waals surface area contributed by atoms with Gasteiger partial charge in [-0.3, -0.25) is 13.6 Å². The average Bonchev–Trinajstić information content (AvgIpc) is 2.08. The molecule has 0 heterocycles. The molecule has 0 saturated heterocycles. The maximum atomic E-state index is 8.20. The second-order valence-corrected chi connectivity index (χ2v) is 4.27. The molecule has 0 aliphatic carbocycles. The highest BCUT2D eigenvalue weighted by Crippen LogP contribution is 2.10. The van der Waals surface area contributed by atoms with Crippen molar-refractivity contribution in [2.45, 2.75) is 12.5 Å². The minimum absolute atomic E-state index is 0.165. The number of nitrogens with two attached hydrogens (primary N) is 3. The molecule has 0 aliphatic rings. The highest BCUT2D eigenvalue weighted by atomic mass is 28.4. The van der Waals surface area contributed by atoms with Gasteiger partial charge in [-0.05, 0) is 0 Å². The van der Waals surface area contributed by atoms with Gasteiger partial charge in [0, 0.05) is 12.5 Å². The van der Waals surface area contributed by atoms with Gasteiger partial charge in [-0.25, -0.2) is 17.7 Å². The van der Waals surface area contributed by atoms with Crippen molar-refractivity contribution in [3.05, 3.63) is 0 Å². The van der Waals surface area contributed by atoms with Gasteiger partial charge in [-0.2, -0.15) is 5.26 Å². The fraction of sp³-hybridized carbons (Fsp3) is 0.667. The second-order valence-electron chi connectivity index (χ2n) is 1.69. The van der Waals surface area contributed by atoms with Crippen LogP contribution in [0, 0.1) is 11.3 Å². The molecule has 0 aromatic heterocycles. The Morgan fingerprint density at radius 3 is 1.91 bits per heavy atom. The molecule has 64 valence electrons. The molecule has 0 atom stereocenters. The second kappa shape index (κ2) is 5.16. The summed E-state index contributed by atoms with van der Waals surface area (Å²) in [7, 11) is -3.13. The Morgan fingerprint density at radius 1 is 1.18 bits per heavy atom. The van der Waals surface area contributed by atoms with Gasteiger partial charge in [0.15, 0.2) is 0 Å². The van der Waals surface area contributed by atoms with Gasteiger partial charge in [0.25, 0.3) is 0 Å². The molecular formula is C3H10N4O3Si. The van der Waals surface area contributed by atoms with Crippen molar-refractivity contribution in [2.24, 2.45) is 17.7 Å². The first-order valence-corrected chi connectivity index (χ1v) is 4.68. The van der Waals surface area contributed by atoms with Crippen LogP contribution in [0.15, 0.2) is 0 Å². The van der Waals surface area contributed by atoms with E-state index in [-0.39, 0.29) is 12.5 Å². The fourth-order valence-electron chi connectivity index (χ4n) is 0.469. The van der Waals surface area contributed by atoms with Gasteiger partial charge in [-0.15, -0.1) is 0 Å². The molecule has 11 heavy (non-hydrogen) atoms. The summed E-state index contributed by atoms with van der Waals surface area (Å²) in [6.45, 7) is 0. The maximum absolute atomic E-state index is 8.20. The van der Waals surface area contributed by atoms with Crippen LogP contribution in [-0.4, -0.2) is 8.80 Å². The van der Waals surface area contributed by atoms with Gasteiger partial charge in [0.2, 0.25) is 0 Å². The number of nitrogens with zero attached hydrogens (tertiary/aromatic N) is 1. The summed E-state index contributed by atoms with van der Waals surface area (Å²) in [5.41, 5.74) is 0. The van der Waals surface area contributed by atoms with Crippen molar-refractivity contribution in [3.63, 3.8) is 0 Å². The van der Waals surface area contributed by atoms with Crippen LogP contribution in [-0.2, 0) is 13.6 Å². The van der Waals surface area contributed by atoms with Crippen LogP contribution in [0.2, 0.25) is 6.04 Å². The first-order valence-electron chi connectivity index (χ1n) is 2.75. The Hall–Kier alpha value is -0.533. The number of hydrogen-bond acceptors (Lipinski definition) is 7. The third kappa shape index (κ3) is 2.91. The Kier molecular flexibility index (Phi) is 4.91. The van der Waals surface area contributed by atoms with E-state index in [1.54, 1.807) is 0 Å². The van der Waals surface area contributed by atoms with E-state index in [0.717, 1.165) is 0 Å². The summed E-state index contributed by atoms with van der Waals surface area (Å²) in [5.74, 6) is 14.4. The highest BCUT2D eigenvalue weighted by Gasteiger charge is 2.40. The van der Waals surface area contributed by atoms with Gasteiger partial charge < -0.3 is 0 Å². The van der Waals surface area contributed by atoms with Gasteiger partial charge >= 0.3 is 8.80 Å². The molecule has 0 rings (SSSR count). The Labute approximate surface area is 64.8 Å². The Morgan fingerprint density at radius 2 is 1.64 bits per heavy atom. The molecule has 6 N–H and O–H groups in total. The van der Waals surface area contributed by atoms with E-state index in [1.165, 1.54) is 0 Å². The molecule has 0 unspecified atom stereocenters. The third-order valence-corrected chi connectivity index (χ3v) is 3.02. The monoisotopic (exact) mass is 178 g/mol. The molecule has 0 aromatic carbocycles. The third-order valence-electron chi connectivity index (χ3n) is 1.08. The topological polar surface area (TPSA) is 130 Å². The van der Waals surface area contributed by atoms with E-state index in [4.69, 9.17) is 23.0 Å². The van der Waals surface area contributed by atoms with E-state index in [2.05, 4.69) is 13.6 Å². The zero-order chi connectivity index (χ0) is 8.74. The molecule has 0 fully saturated rings. The van der Waals surface area contributed by atoms with Crippen LogP contribution in [0.3, 0.4) is 0 Å². The lowest BCUT2D eigenvalue weighted by Crippen LogP contribution is -2.51. The minimum Gasteiger partial charge on any atom is -0.289 e. The molecule has 0 amide bonds. The normalized spacial score (nSPS) is 11.1. The number of nitriles is 1. The quantitative estimate of drug-likeness (QED) is 0.345. The molecule has 0 aromatic rings. The number of hydrogen-bond donors (Lipinski definition) is 3. The first kappa shape index (κ1) is 10.5. The predicted molar refractivity (Wildman–Crippen MR) is 36.6 cm³/mol. The van der Waals surface area contributed by atoms with Gasteiger partial charge in [-0.1, -0.05) is 0 Å². The van der Waals surface area contributed by atoms with Crippen molar-refractivity contribution < 1.29 is 13.6 Å². The van der Waals surface area contributed by atoms with E-state index >= 15 is 0 Å². The summed E-state index contributed by atoms with van der Waals surface area (Å²) in [6, 6.07) is 2.03. The molecular weight excluding hydrogens is 168 g/mol. The summed E-state index contributed by atoms with van der Waals surface area (Å²) in [6.07, 6.45) is 0.165. The van der Waals surface area contributed by atoms with Crippen LogP contribution in [0.25, 0.3) is 0 Å².